The van der Waals surface area contributed by atoms with Gasteiger partial charge < -0.3 is 5.32 Å². The minimum Gasteiger partial charge on any atom is -0.334 e. The van der Waals surface area contributed by atoms with Gasteiger partial charge in [-0.15, -0.1) is 0 Å². The van der Waals surface area contributed by atoms with Crippen molar-refractivity contribution in [3.8, 4) is 6.07 Å². The maximum absolute atomic E-state index is 12.2. The number of halogens is 1. The molecule has 0 spiro atoms. The number of aromatic nitrogens is 1. The van der Waals surface area contributed by atoms with Crippen molar-refractivity contribution in [3.63, 3.8) is 0 Å². The van der Waals surface area contributed by atoms with Gasteiger partial charge in [0.2, 0.25) is 0 Å². The molecule has 0 bridgehead atoms. The molecule has 20 heavy (non-hydrogen) atoms. The first-order chi connectivity index (χ1) is 9.58. The Balaban J connectivity index is 2.05. The maximum Gasteiger partial charge on any atom is 0.254 e. The molecule has 1 N–H and O–H groups in total. The summed E-state index contributed by atoms with van der Waals surface area (Å²) in [6.45, 7) is 2.17. The number of nitrogens with one attached hydrogen (secondary N) is 1. The molecule has 1 aliphatic rings. The van der Waals surface area contributed by atoms with Crippen molar-refractivity contribution in [1.82, 2.24) is 10.3 Å². The van der Waals surface area contributed by atoms with Gasteiger partial charge in [-0.25, -0.2) is 4.98 Å². The van der Waals surface area contributed by atoms with Crippen molar-refractivity contribution < 1.29 is 4.79 Å². The minimum atomic E-state index is -0.734. The average molecular weight is 292 g/mol. The average Bonchev–Trinajstić information content (AvgIpc) is 2.48. The zero-order valence-electron chi connectivity index (χ0n) is 11.5. The van der Waals surface area contributed by atoms with Gasteiger partial charge in [-0.1, -0.05) is 24.9 Å². The van der Waals surface area contributed by atoms with Crippen LogP contribution in [0.15, 0.2) is 18.3 Å². The van der Waals surface area contributed by atoms with Crippen molar-refractivity contribution in [1.29, 1.82) is 5.26 Å². The van der Waals surface area contributed by atoms with Crippen LogP contribution in [0.5, 0.6) is 0 Å². The smallest absolute Gasteiger partial charge is 0.254 e. The molecule has 106 valence electrons. The lowest BCUT2D eigenvalue weighted by molar-refractivity contribution is 0.0891. The lowest BCUT2D eigenvalue weighted by Crippen LogP contribution is -2.49. The van der Waals surface area contributed by atoms with Crippen molar-refractivity contribution >= 4 is 17.5 Å². The fourth-order valence-corrected chi connectivity index (χ4v) is 2.75. The first-order valence-electron chi connectivity index (χ1n) is 6.94. The summed E-state index contributed by atoms with van der Waals surface area (Å²) in [5.74, 6) is 0.413. The van der Waals surface area contributed by atoms with E-state index in [1.807, 2.05) is 0 Å². The van der Waals surface area contributed by atoms with Gasteiger partial charge in [0.05, 0.1) is 11.6 Å². The molecule has 1 aromatic rings. The highest BCUT2D eigenvalue weighted by molar-refractivity contribution is 6.29. The Hall–Kier alpha value is -1.60. The molecule has 0 unspecified atom stereocenters. The van der Waals surface area contributed by atoms with E-state index in [0.29, 0.717) is 16.6 Å². The van der Waals surface area contributed by atoms with E-state index in [0.717, 1.165) is 32.1 Å². The molecule has 0 aliphatic heterocycles. The number of hydrogen-bond acceptors (Lipinski definition) is 3. The van der Waals surface area contributed by atoms with Crippen molar-refractivity contribution in [2.45, 2.75) is 44.6 Å². The third-order valence-electron chi connectivity index (χ3n) is 4.09. The Morgan fingerprint density at radius 3 is 2.75 bits per heavy atom. The second kappa shape index (κ2) is 6.23. The van der Waals surface area contributed by atoms with Crippen LogP contribution in [-0.4, -0.2) is 16.4 Å². The molecule has 1 heterocycles. The third kappa shape index (κ3) is 3.29. The Bertz CT molecular complexity index is 513. The number of nitriles is 1. The molecule has 0 aromatic carbocycles. The highest BCUT2D eigenvalue weighted by Gasteiger charge is 2.36. The van der Waals surface area contributed by atoms with E-state index < -0.39 is 5.54 Å². The summed E-state index contributed by atoms with van der Waals surface area (Å²) in [6, 6.07) is 5.49. The van der Waals surface area contributed by atoms with E-state index in [1.54, 1.807) is 12.1 Å². The van der Waals surface area contributed by atoms with E-state index in [-0.39, 0.29) is 5.91 Å². The van der Waals surface area contributed by atoms with E-state index >= 15 is 0 Å². The molecule has 0 saturated heterocycles. The molecular weight excluding hydrogens is 274 g/mol. The Morgan fingerprint density at radius 2 is 2.25 bits per heavy atom. The second-order valence-electron chi connectivity index (χ2n) is 5.37. The molecule has 1 fully saturated rings. The predicted molar refractivity (Wildman–Crippen MR) is 77.3 cm³/mol. The van der Waals surface area contributed by atoms with Gasteiger partial charge >= 0.3 is 0 Å². The maximum atomic E-state index is 12.2. The molecule has 1 aromatic heterocycles. The van der Waals surface area contributed by atoms with E-state index in [1.165, 1.54) is 6.20 Å². The summed E-state index contributed by atoms with van der Waals surface area (Å²) in [7, 11) is 0. The summed E-state index contributed by atoms with van der Waals surface area (Å²) in [5.41, 5.74) is -0.302. The van der Waals surface area contributed by atoms with Gasteiger partial charge in [0.15, 0.2) is 0 Å². The van der Waals surface area contributed by atoms with Crippen LogP contribution in [0.25, 0.3) is 0 Å². The van der Waals surface area contributed by atoms with Gasteiger partial charge in [0, 0.05) is 6.20 Å². The van der Waals surface area contributed by atoms with Gasteiger partial charge in [-0.2, -0.15) is 5.26 Å². The largest absolute Gasteiger partial charge is 0.334 e. The zero-order valence-corrected chi connectivity index (χ0v) is 12.3. The summed E-state index contributed by atoms with van der Waals surface area (Å²) < 4.78 is 0. The Kier molecular flexibility index (Phi) is 4.61. The SMILES string of the molecule is CCC1CCC(C#N)(NC(=O)c2ccc(Cl)nc2)CC1. The van der Waals surface area contributed by atoms with E-state index in [2.05, 4.69) is 23.3 Å². The summed E-state index contributed by atoms with van der Waals surface area (Å²) >= 11 is 5.70. The Labute approximate surface area is 124 Å². The molecule has 5 heteroatoms. The highest BCUT2D eigenvalue weighted by Crippen LogP contribution is 2.33. The van der Waals surface area contributed by atoms with Crippen LogP contribution in [0.1, 0.15) is 49.4 Å². The standard InChI is InChI=1S/C15H18ClN3O/c1-2-11-5-7-15(10-17,8-6-11)19-14(20)12-3-4-13(16)18-9-12/h3-4,9,11H,2,5-8H2,1H3,(H,19,20). The number of pyridine rings is 1. The van der Waals surface area contributed by atoms with Crippen molar-refractivity contribution in [2.24, 2.45) is 5.92 Å². The second-order valence-corrected chi connectivity index (χ2v) is 5.76. The molecule has 4 nitrogen and oxygen atoms in total. The van der Waals surface area contributed by atoms with Crippen LogP contribution in [-0.2, 0) is 0 Å². The van der Waals surface area contributed by atoms with E-state index in [4.69, 9.17) is 11.6 Å². The molecule has 2 rings (SSSR count). The van der Waals surface area contributed by atoms with Crippen LogP contribution in [0, 0.1) is 17.2 Å². The highest BCUT2D eigenvalue weighted by atomic mass is 35.5. The normalized spacial score (nSPS) is 25.8. The van der Waals surface area contributed by atoms with Crippen LogP contribution < -0.4 is 5.32 Å². The first kappa shape index (κ1) is 14.8. The summed E-state index contributed by atoms with van der Waals surface area (Å²) in [6.07, 6.45) is 5.98. The third-order valence-corrected chi connectivity index (χ3v) is 4.32. The van der Waals surface area contributed by atoms with Crippen molar-refractivity contribution in [3.05, 3.63) is 29.0 Å². The Morgan fingerprint density at radius 1 is 1.55 bits per heavy atom. The fraction of sp³-hybridized carbons (Fsp3) is 0.533. The molecule has 1 aliphatic carbocycles. The first-order valence-corrected chi connectivity index (χ1v) is 7.31. The number of hydrogen-bond donors (Lipinski definition) is 1. The lowest BCUT2D eigenvalue weighted by Gasteiger charge is -2.35. The molecular formula is C15H18ClN3O. The fourth-order valence-electron chi connectivity index (χ4n) is 2.64. The van der Waals surface area contributed by atoms with Crippen molar-refractivity contribution in [2.75, 3.05) is 0 Å². The molecule has 0 radical (unpaired) electrons. The van der Waals surface area contributed by atoms with Crippen LogP contribution >= 0.6 is 11.6 Å². The molecule has 0 atom stereocenters. The zero-order chi connectivity index (χ0) is 14.6. The van der Waals surface area contributed by atoms with Crippen LogP contribution in [0.4, 0.5) is 0 Å². The predicted octanol–water partition coefficient (Wildman–Crippen LogP) is 3.33. The molecule has 1 saturated carbocycles. The van der Waals surface area contributed by atoms with Gasteiger partial charge in [-0.3, -0.25) is 4.79 Å². The van der Waals surface area contributed by atoms with Crippen LogP contribution in [0.2, 0.25) is 5.15 Å². The number of nitrogens with zero attached hydrogens (tertiary/aromatic N) is 2. The quantitative estimate of drug-likeness (QED) is 0.869. The number of carbonyl (C=O) groups is 1. The lowest BCUT2D eigenvalue weighted by atomic mass is 9.76. The number of rotatable bonds is 3. The number of carbonyl (C=O) groups excluding carboxylic acids is 1. The van der Waals surface area contributed by atoms with Gasteiger partial charge in [0.1, 0.15) is 10.7 Å². The summed E-state index contributed by atoms with van der Waals surface area (Å²) in [5, 5.41) is 12.7. The summed E-state index contributed by atoms with van der Waals surface area (Å²) in [4.78, 5) is 16.1. The van der Waals surface area contributed by atoms with Gasteiger partial charge in [-0.05, 0) is 43.7 Å². The minimum absolute atomic E-state index is 0.259. The number of amides is 1. The van der Waals surface area contributed by atoms with Crippen LogP contribution in [0.3, 0.4) is 0 Å². The van der Waals surface area contributed by atoms with E-state index in [9.17, 15) is 10.1 Å². The topological polar surface area (TPSA) is 65.8 Å². The van der Waals surface area contributed by atoms with Gasteiger partial charge in [0.25, 0.3) is 5.91 Å². The monoisotopic (exact) mass is 291 g/mol. The molecule has 1 amide bonds.